The molecule has 1 aliphatic heterocycles. The van der Waals surface area contributed by atoms with Gasteiger partial charge in [-0.2, -0.15) is 0 Å². The number of nitrogens with zero attached hydrogens (tertiary/aromatic N) is 1. The summed E-state index contributed by atoms with van der Waals surface area (Å²) in [5.74, 6) is 0.162. The van der Waals surface area contributed by atoms with Crippen LogP contribution in [0.4, 0.5) is 0 Å². The first-order valence-electron chi connectivity index (χ1n) is 6.30. The van der Waals surface area contributed by atoms with Crippen LogP contribution in [0.2, 0.25) is 0 Å². The Hall–Kier alpha value is -1.55. The van der Waals surface area contributed by atoms with E-state index in [1.54, 1.807) is 0 Å². The number of carboxylic acids is 1. The number of ether oxygens (including phenoxy) is 1. The number of hydrogen-bond acceptors (Lipinski definition) is 3. The van der Waals surface area contributed by atoms with E-state index in [-0.39, 0.29) is 11.8 Å². The summed E-state index contributed by atoms with van der Waals surface area (Å²) in [7, 11) is 0. The quantitative estimate of drug-likeness (QED) is 0.863. The van der Waals surface area contributed by atoms with E-state index < -0.39 is 5.97 Å². The summed E-state index contributed by atoms with van der Waals surface area (Å²) in [5, 5.41) is 9.05. The second kappa shape index (κ2) is 5.87. The van der Waals surface area contributed by atoms with E-state index >= 15 is 0 Å². The molecular weight excluding hydrogens is 230 g/mol. The van der Waals surface area contributed by atoms with Crippen LogP contribution in [-0.4, -0.2) is 42.2 Å². The van der Waals surface area contributed by atoms with E-state index in [0.29, 0.717) is 13.2 Å². The van der Waals surface area contributed by atoms with Crippen molar-refractivity contribution in [3.8, 4) is 5.75 Å². The van der Waals surface area contributed by atoms with Crippen LogP contribution in [0.1, 0.15) is 6.92 Å². The molecule has 0 spiro atoms. The summed E-state index contributed by atoms with van der Waals surface area (Å²) in [6.07, 6.45) is 0. The number of aliphatic carboxylic acids is 1. The van der Waals surface area contributed by atoms with Crippen molar-refractivity contribution in [1.82, 2.24) is 4.90 Å². The van der Waals surface area contributed by atoms with Crippen LogP contribution in [0.25, 0.3) is 0 Å². The van der Waals surface area contributed by atoms with E-state index in [4.69, 9.17) is 9.84 Å². The van der Waals surface area contributed by atoms with Crippen LogP contribution >= 0.6 is 0 Å². The molecule has 0 aromatic heterocycles. The van der Waals surface area contributed by atoms with Crippen molar-refractivity contribution in [2.45, 2.75) is 6.92 Å². The Balaban J connectivity index is 1.74. The van der Waals surface area contributed by atoms with Crippen LogP contribution in [0.15, 0.2) is 30.3 Å². The van der Waals surface area contributed by atoms with Gasteiger partial charge in [0.25, 0.3) is 0 Å². The van der Waals surface area contributed by atoms with Crippen molar-refractivity contribution in [3.05, 3.63) is 30.3 Å². The minimum atomic E-state index is -0.686. The highest BCUT2D eigenvalue weighted by Gasteiger charge is 2.34. The van der Waals surface area contributed by atoms with E-state index in [1.165, 1.54) is 0 Å². The fraction of sp³-hybridized carbons (Fsp3) is 0.500. The molecule has 1 aromatic rings. The summed E-state index contributed by atoms with van der Waals surface area (Å²) in [5.41, 5.74) is 0. The zero-order valence-corrected chi connectivity index (χ0v) is 10.6. The summed E-state index contributed by atoms with van der Waals surface area (Å²) >= 11 is 0. The lowest BCUT2D eigenvalue weighted by molar-refractivity contribution is -0.142. The first-order chi connectivity index (χ1) is 8.66. The molecule has 2 unspecified atom stereocenters. The standard InChI is InChI=1S/C14H19NO3/c1-11-9-15(10-13(11)14(16)17)7-8-18-12-5-3-2-4-6-12/h2-6,11,13H,7-10H2,1H3,(H,16,17). The lowest BCUT2D eigenvalue weighted by atomic mass is 9.99. The lowest BCUT2D eigenvalue weighted by Crippen LogP contribution is -2.27. The smallest absolute Gasteiger partial charge is 0.308 e. The minimum absolute atomic E-state index is 0.222. The number of likely N-dealkylation sites (tertiary alicyclic amines) is 1. The van der Waals surface area contributed by atoms with Crippen LogP contribution in [0, 0.1) is 11.8 Å². The van der Waals surface area contributed by atoms with Gasteiger partial charge in [-0.15, -0.1) is 0 Å². The highest BCUT2D eigenvalue weighted by atomic mass is 16.5. The number of rotatable bonds is 5. The number of carboxylic acid groups (broad SMARTS) is 1. The normalized spacial score (nSPS) is 24.1. The van der Waals surface area contributed by atoms with Gasteiger partial charge in [0.05, 0.1) is 5.92 Å². The SMILES string of the molecule is CC1CN(CCOc2ccccc2)CC1C(=O)O. The topological polar surface area (TPSA) is 49.8 Å². The molecule has 1 saturated heterocycles. The molecule has 2 atom stereocenters. The van der Waals surface area contributed by atoms with Gasteiger partial charge in [0.15, 0.2) is 0 Å². The molecule has 98 valence electrons. The molecule has 0 amide bonds. The molecule has 18 heavy (non-hydrogen) atoms. The van der Waals surface area contributed by atoms with Gasteiger partial charge in [-0.3, -0.25) is 9.69 Å². The van der Waals surface area contributed by atoms with Crippen LogP contribution in [0.5, 0.6) is 5.75 Å². The third kappa shape index (κ3) is 3.23. The Labute approximate surface area is 107 Å². The van der Waals surface area contributed by atoms with Crippen molar-refractivity contribution in [1.29, 1.82) is 0 Å². The Morgan fingerprint density at radius 1 is 1.39 bits per heavy atom. The Morgan fingerprint density at radius 2 is 2.11 bits per heavy atom. The van der Waals surface area contributed by atoms with Gasteiger partial charge in [0, 0.05) is 19.6 Å². The first kappa shape index (κ1) is 12.9. The Kier molecular flexibility index (Phi) is 4.20. The monoisotopic (exact) mass is 249 g/mol. The van der Waals surface area contributed by atoms with Crippen molar-refractivity contribution >= 4 is 5.97 Å². The summed E-state index contributed by atoms with van der Waals surface area (Å²) in [6, 6.07) is 9.67. The minimum Gasteiger partial charge on any atom is -0.492 e. The highest BCUT2D eigenvalue weighted by Crippen LogP contribution is 2.22. The predicted molar refractivity (Wildman–Crippen MR) is 68.7 cm³/mol. The molecule has 4 heteroatoms. The average molecular weight is 249 g/mol. The van der Waals surface area contributed by atoms with Gasteiger partial charge in [-0.05, 0) is 18.1 Å². The average Bonchev–Trinajstić information content (AvgIpc) is 2.72. The van der Waals surface area contributed by atoms with Crippen molar-refractivity contribution in [2.24, 2.45) is 11.8 Å². The maximum absolute atomic E-state index is 11.0. The molecule has 2 rings (SSSR count). The molecule has 0 bridgehead atoms. The molecule has 1 aliphatic rings. The molecule has 1 heterocycles. The van der Waals surface area contributed by atoms with Gasteiger partial charge in [0.1, 0.15) is 12.4 Å². The third-order valence-electron chi connectivity index (χ3n) is 3.42. The number of hydrogen-bond donors (Lipinski definition) is 1. The van der Waals surface area contributed by atoms with Gasteiger partial charge in [-0.25, -0.2) is 0 Å². The third-order valence-corrected chi connectivity index (χ3v) is 3.42. The van der Waals surface area contributed by atoms with E-state index in [9.17, 15) is 4.79 Å². The largest absolute Gasteiger partial charge is 0.492 e. The number of carbonyl (C=O) groups is 1. The Bertz CT molecular complexity index is 393. The fourth-order valence-corrected chi connectivity index (χ4v) is 2.38. The van der Waals surface area contributed by atoms with Gasteiger partial charge in [0.2, 0.25) is 0 Å². The van der Waals surface area contributed by atoms with Gasteiger partial charge in [-0.1, -0.05) is 25.1 Å². The second-order valence-corrected chi connectivity index (χ2v) is 4.84. The second-order valence-electron chi connectivity index (χ2n) is 4.84. The maximum atomic E-state index is 11.0. The zero-order chi connectivity index (χ0) is 13.0. The molecular formula is C14H19NO3. The van der Waals surface area contributed by atoms with Gasteiger partial charge < -0.3 is 9.84 Å². The lowest BCUT2D eigenvalue weighted by Gasteiger charge is -2.15. The van der Waals surface area contributed by atoms with Crippen LogP contribution < -0.4 is 4.74 Å². The number of para-hydroxylation sites is 1. The molecule has 4 nitrogen and oxygen atoms in total. The molecule has 1 aromatic carbocycles. The van der Waals surface area contributed by atoms with Crippen LogP contribution in [0.3, 0.4) is 0 Å². The van der Waals surface area contributed by atoms with E-state index in [1.807, 2.05) is 37.3 Å². The van der Waals surface area contributed by atoms with Crippen LogP contribution in [-0.2, 0) is 4.79 Å². The van der Waals surface area contributed by atoms with Crippen molar-refractivity contribution < 1.29 is 14.6 Å². The molecule has 0 radical (unpaired) electrons. The molecule has 1 N–H and O–H groups in total. The summed E-state index contributed by atoms with van der Waals surface area (Å²) in [6.45, 7) is 4.85. The molecule has 0 aliphatic carbocycles. The predicted octanol–water partition coefficient (Wildman–Crippen LogP) is 1.72. The van der Waals surface area contributed by atoms with E-state index in [0.717, 1.165) is 18.8 Å². The number of benzene rings is 1. The fourth-order valence-electron chi connectivity index (χ4n) is 2.38. The summed E-state index contributed by atoms with van der Waals surface area (Å²) in [4.78, 5) is 13.2. The Morgan fingerprint density at radius 3 is 2.72 bits per heavy atom. The van der Waals surface area contributed by atoms with Gasteiger partial charge >= 0.3 is 5.97 Å². The highest BCUT2D eigenvalue weighted by molar-refractivity contribution is 5.71. The van der Waals surface area contributed by atoms with E-state index in [2.05, 4.69) is 4.90 Å². The molecule has 1 fully saturated rings. The summed E-state index contributed by atoms with van der Waals surface area (Å²) < 4.78 is 5.61. The molecule has 0 saturated carbocycles. The van der Waals surface area contributed by atoms with Crippen molar-refractivity contribution in [3.63, 3.8) is 0 Å². The first-order valence-corrected chi connectivity index (χ1v) is 6.30. The zero-order valence-electron chi connectivity index (χ0n) is 10.6. The maximum Gasteiger partial charge on any atom is 0.308 e. The van der Waals surface area contributed by atoms with Crippen molar-refractivity contribution in [2.75, 3.05) is 26.2 Å².